The fourth-order valence-electron chi connectivity index (χ4n) is 2.31. The van der Waals surface area contributed by atoms with E-state index in [1.165, 1.54) is 19.4 Å². The van der Waals surface area contributed by atoms with Gasteiger partial charge in [0.15, 0.2) is 0 Å². The predicted octanol–water partition coefficient (Wildman–Crippen LogP) is 0.585. The van der Waals surface area contributed by atoms with Gasteiger partial charge in [-0.05, 0) is 32.9 Å². The number of hydrogen-bond acceptors (Lipinski definition) is 4. The lowest BCUT2D eigenvalue weighted by molar-refractivity contribution is 0.255. The van der Waals surface area contributed by atoms with Gasteiger partial charge in [-0.15, -0.1) is 0 Å². The molecule has 0 spiro atoms. The molecule has 1 heterocycles. The maximum Gasteiger partial charge on any atom is 0.140 e. The fourth-order valence-corrected chi connectivity index (χ4v) is 2.31. The van der Waals surface area contributed by atoms with Gasteiger partial charge < -0.3 is 16.3 Å². The third-order valence-electron chi connectivity index (χ3n) is 3.25. The lowest BCUT2D eigenvalue weighted by Crippen LogP contribution is -2.42. The molecule has 1 fully saturated rings. The summed E-state index contributed by atoms with van der Waals surface area (Å²) in [5.41, 5.74) is 5.46. The largest absolute Gasteiger partial charge is 0.409 e. The van der Waals surface area contributed by atoms with E-state index in [-0.39, 0.29) is 6.04 Å². The zero-order chi connectivity index (χ0) is 12.0. The second-order valence-corrected chi connectivity index (χ2v) is 4.53. The van der Waals surface area contributed by atoms with E-state index in [0.29, 0.717) is 18.3 Å². The molecule has 0 aromatic rings. The standard InChI is InChI=1S/C11H24N4O/c1-3-15-6-4-5-10(15)8-13-9(2)7-11(12)14-16/h9-10,13,16H,3-8H2,1-2H3,(H2,12,14). The van der Waals surface area contributed by atoms with E-state index in [9.17, 15) is 0 Å². The molecular formula is C11H24N4O. The number of nitrogens with two attached hydrogens (primary N) is 1. The Morgan fingerprint density at radius 1 is 1.69 bits per heavy atom. The van der Waals surface area contributed by atoms with Crippen molar-refractivity contribution in [2.24, 2.45) is 10.9 Å². The zero-order valence-electron chi connectivity index (χ0n) is 10.3. The minimum Gasteiger partial charge on any atom is -0.409 e. The molecule has 1 aliphatic rings. The second kappa shape index (κ2) is 6.70. The van der Waals surface area contributed by atoms with Crippen LogP contribution in [-0.2, 0) is 0 Å². The van der Waals surface area contributed by atoms with Gasteiger partial charge in [0.25, 0.3) is 0 Å². The molecule has 94 valence electrons. The Hall–Kier alpha value is -0.810. The van der Waals surface area contributed by atoms with Gasteiger partial charge in [0.2, 0.25) is 0 Å². The molecule has 2 atom stereocenters. The van der Waals surface area contributed by atoms with Gasteiger partial charge in [-0.3, -0.25) is 4.90 Å². The third-order valence-corrected chi connectivity index (χ3v) is 3.25. The summed E-state index contributed by atoms with van der Waals surface area (Å²) in [7, 11) is 0. The maximum atomic E-state index is 8.47. The quantitative estimate of drug-likeness (QED) is 0.269. The predicted molar refractivity (Wildman–Crippen MR) is 65.8 cm³/mol. The van der Waals surface area contributed by atoms with Crippen molar-refractivity contribution in [1.82, 2.24) is 10.2 Å². The third kappa shape index (κ3) is 3.98. The summed E-state index contributed by atoms with van der Waals surface area (Å²) in [5, 5.41) is 14.9. The Bertz CT molecular complexity index is 232. The number of likely N-dealkylation sites (tertiary alicyclic amines) is 1. The van der Waals surface area contributed by atoms with Gasteiger partial charge >= 0.3 is 0 Å². The molecular weight excluding hydrogens is 204 g/mol. The van der Waals surface area contributed by atoms with Crippen LogP contribution in [-0.4, -0.2) is 47.7 Å². The summed E-state index contributed by atoms with van der Waals surface area (Å²) < 4.78 is 0. The van der Waals surface area contributed by atoms with Crippen molar-refractivity contribution in [3.63, 3.8) is 0 Å². The number of rotatable bonds is 6. The first-order chi connectivity index (χ1) is 7.67. The van der Waals surface area contributed by atoms with Gasteiger partial charge in [-0.2, -0.15) is 0 Å². The van der Waals surface area contributed by atoms with Gasteiger partial charge in [-0.25, -0.2) is 0 Å². The van der Waals surface area contributed by atoms with Crippen LogP contribution >= 0.6 is 0 Å². The van der Waals surface area contributed by atoms with Crippen LogP contribution < -0.4 is 11.1 Å². The molecule has 1 aliphatic heterocycles. The summed E-state index contributed by atoms with van der Waals surface area (Å²) in [6.07, 6.45) is 3.17. The van der Waals surface area contributed by atoms with Crippen LogP contribution in [0.4, 0.5) is 0 Å². The van der Waals surface area contributed by atoms with Gasteiger partial charge in [-0.1, -0.05) is 12.1 Å². The van der Waals surface area contributed by atoms with E-state index in [1.807, 2.05) is 0 Å². The smallest absolute Gasteiger partial charge is 0.140 e. The summed E-state index contributed by atoms with van der Waals surface area (Å²) in [4.78, 5) is 2.50. The average Bonchev–Trinajstić information content (AvgIpc) is 2.73. The highest BCUT2D eigenvalue weighted by Crippen LogP contribution is 2.15. The van der Waals surface area contributed by atoms with Crippen LogP contribution in [0.15, 0.2) is 5.16 Å². The number of likely N-dealkylation sites (N-methyl/N-ethyl adjacent to an activating group) is 1. The second-order valence-electron chi connectivity index (χ2n) is 4.53. The summed E-state index contributed by atoms with van der Waals surface area (Å²) in [5.74, 6) is 0.291. The van der Waals surface area contributed by atoms with E-state index in [1.54, 1.807) is 0 Å². The number of oxime groups is 1. The SMILES string of the molecule is CCN1CCCC1CNC(C)CC(N)=NO. The van der Waals surface area contributed by atoms with Crippen molar-refractivity contribution in [2.75, 3.05) is 19.6 Å². The molecule has 1 rings (SSSR count). The molecule has 0 aliphatic carbocycles. The molecule has 0 aromatic heterocycles. The first kappa shape index (κ1) is 13.3. The summed E-state index contributed by atoms with van der Waals surface area (Å²) >= 11 is 0. The van der Waals surface area contributed by atoms with E-state index < -0.39 is 0 Å². The first-order valence-electron chi connectivity index (χ1n) is 6.11. The Labute approximate surface area is 97.7 Å². The van der Waals surface area contributed by atoms with Crippen LogP contribution in [0.1, 0.15) is 33.1 Å². The molecule has 5 nitrogen and oxygen atoms in total. The molecule has 0 radical (unpaired) electrons. The van der Waals surface area contributed by atoms with Crippen molar-refractivity contribution in [3.8, 4) is 0 Å². The van der Waals surface area contributed by atoms with E-state index in [2.05, 4.69) is 29.2 Å². The van der Waals surface area contributed by atoms with Crippen LogP contribution in [0, 0.1) is 0 Å². The van der Waals surface area contributed by atoms with E-state index in [0.717, 1.165) is 13.1 Å². The lowest BCUT2D eigenvalue weighted by Gasteiger charge is -2.24. The van der Waals surface area contributed by atoms with Crippen molar-refractivity contribution < 1.29 is 5.21 Å². The van der Waals surface area contributed by atoms with Crippen molar-refractivity contribution in [2.45, 2.75) is 45.2 Å². The average molecular weight is 228 g/mol. The lowest BCUT2D eigenvalue weighted by atomic mass is 10.2. The van der Waals surface area contributed by atoms with Gasteiger partial charge in [0, 0.05) is 25.0 Å². The molecule has 0 bridgehead atoms. The molecule has 4 N–H and O–H groups in total. The van der Waals surface area contributed by atoms with Crippen LogP contribution in [0.5, 0.6) is 0 Å². The fraction of sp³-hybridized carbons (Fsp3) is 0.909. The van der Waals surface area contributed by atoms with Crippen LogP contribution in [0.25, 0.3) is 0 Å². The molecule has 5 heteroatoms. The topological polar surface area (TPSA) is 73.9 Å². The van der Waals surface area contributed by atoms with Crippen molar-refractivity contribution in [3.05, 3.63) is 0 Å². The van der Waals surface area contributed by atoms with Gasteiger partial charge in [0.1, 0.15) is 5.84 Å². The molecule has 0 amide bonds. The monoisotopic (exact) mass is 228 g/mol. The van der Waals surface area contributed by atoms with Crippen molar-refractivity contribution >= 4 is 5.84 Å². The van der Waals surface area contributed by atoms with E-state index >= 15 is 0 Å². The molecule has 2 unspecified atom stereocenters. The van der Waals surface area contributed by atoms with Crippen molar-refractivity contribution in [1.29, 1.82) is 0 Å². The molecule has 0 aromatic carbocycles. The molecule has 1 saturated heterocycles. The van der Waals surface area contributed by atoms with Crippen LogP contribution in [0.3, 0.4) is 0 Å². The normalized spacial score (nSPS) is 24.9. The molecule has 16 heavy (non-hydrogen) atoms. The van der Waals surface area contributed by atoms with E-state index in [4.69, 9.17) is 10.9 Å². The Kier molecular flexibility index (Phi) is 5.55. The Morgan fingerprint density at radius 2 is 2.44 bits per heavy atom. The zero-order valence-corrected chi connectivity index (χ0v) is 10.3. The van der Waals surface area contributed by atoms with Gasteiger partial charge in [0.05, 0.1) is 0 Å². The highest BCUT2D eigenvalue weighted by Gasteiger charge is 2.22. The highest BCUT2D eigenvalue weighted by atomic mass is 16.4. The summed E-state index contributed by atoms with van der Waals surface area (Å²) in [6, 6.07) is 0.912. The molecule has 0 saturated carbocycles. The Balaban J connectivity index is 2.23. The number of hydrogen-bond donors (Lipinski definition) is 3. The minimum atomic E-state index is 0.259. The maximum absolute atomic E-state index is 8.47. The van der Waals surface area contributed by atoms with Crippen LogP contribution in [0.2, 0.25) is 0 Å². The minimum absolute atomic E-state index is 0.259. The number of amidine groups is 1. The number of nitrogens with zero attached hydrogens (tertiary/aromatic N) is 2. The first-order valence-corrected chi connectivity index (χ1v) is 6.11. The summed E-state index contributed by atoms with van der Waals surface area (Å²) in [6.45, 7) is 7.60. The number of nitrogens with one attached hydrogen (secondary N) is 1. The highest BCUT2D eigenvalue weighted by molar-refractivity contribution is 5.80. The Morgan fingerprint density at radius 3 is 3.06 bits per heavy atom.